The SMILES string of the molecule is C=C(OC)c1ncc(CC#N)cc1C. The van der Waals surface area contributed by atoms with Gasteiger partial charge in [-0.1, -0.05) is 12.6 Å². The zero-order valence-electron chi connectivity index (χ0n) is 8.37. The number of hydrogen-bond acceptors (Lipinski definition) is 3. The Balaban J connectivity index is 3.02. The highest BCUT2D eigenvalue weighted by molar-refractivity contribution is 5.57. The standard InChI is InChI=1S/C11H12N2O/c1-8-6-10(4-5-12)7-13-11(8)9(2)14-3/h6-7H,2,4H2,1,3H3. The molecule has 1 aromatic rings. The van der Waals surface area contributed by atoms with E-state index in [-0.39, 0.29) is 0 Å². The Hall–Kier alpha value is -1.82. The van der Waals surface area contributed by atoms with Gasteiger partial charge < -0.3 is 4.74 Å². The maximum Gasteiger partial charge on any atom is 0.137 e. The number of nitrogens with zero attached hydrogens (tertiary/aromatic N) is 2. The molecule has 1 rings (SSSR count). The average molecular weight is 188 g/mol. The van der Waals surface area contributed by atoms with Crippen molar-refractivity contribution in [1.29, 1.82) is 5.26 Å². The van der Waals surface area contributed by atoms with Crippen LogP contribution in [0.4, 0.5) is 0 Å². The fourth-order valence-electron chi connectivity index (χ4n) is 1.21. The molecule has 0 amide bonds. The minimum Gasteiger partial charge on any atom is -0.495 e. The largest absolute Gasteiger partial charge is 0.495 e. The van der Waals surface area contributed by atoms with Crippen LogP contribution in [0.1, 0.15) is 16.8 Å². The minimum atomic E-state index is 0.383. The summed E-state index contributed by atoms with van der Waals surface area (Å²) in [5, 5.41) is 8.52. The van der Waals surface area contributed by atoms with Crippen LogP contribution in [0.15, 0.2) is 18.8 Å². The Kier molecular flexibility index (Phi) is 3.24. The third-order valence-electron chi connectivity index (χ3n) is 1.93. The lowest BCUT2D eigenvalue weighted by atomic mass is 10.1. The first kappa shape index (κ1) is 10.3. The van der Waals surface area contributed by atoms with Crippen molar-refractivity contribution in [3.63, 3.8) is 0 Å². The van der Waals surface area contributed by atoms with Crippen LogP contribution in [0.5, 0.6) is 0 Å². The first-order chi connectivity index (χ1) is 6.69. The van der Waals surface area contributed by atoms with Crippen molar-refractivity contribution >= 4 is 5.76 Å². The molecule has 0 radical (unpaired) electrons. The van der Waals surface area contributed by atoms with Gasteiger partial charge in [-0.15, -0.1) is 0 Å². The molecular weight excluding hydrogens is 176 g/mol. The molecule has 0 aliphatic rings. The van der Waals surface area contributed by atoms with Gasteiger partial charge in [-0.25, -0.2) is 0 Å². The molecule has 0 fully saturated rings. The second-order valence-electron chi connectivity index (χ2n) is 2.97. The lowest BCUT2D eigenvalue weighted by molar-refractivity contribution is 0.369. The number of aromatic nitrogens is 1. The van der Waals surface area contributed by atoms with Gasteiger partial charge in [0.2, 0.25) is 0 Å². The first-order valence-electron chi connectivity index (χ1n) is 4.24. The fourth-order valence-corrected chi connectivity index (χ4v) is 1.21. The van der Waals surface area contributed by atoms with Gasteiger partial charge in [-0.2, -0.15) is 5.26 Å². The topological polar surface area (TPSA) is 45.9 Å². The molecule has 0 N–H and O–H groups in total. The summed E-state index contributed by atoms with van der Waals surface area (Å²) in [6, 6.07) is 4.01. The average Bonchev–Trinajstić information content (AvgIpc) is 2.17. The summed E-state index contributed by atoms with van der Waals surface area (Å²) in [5.41, 5.74) is 2.64. The molecule has 1 heterocycles. The highest BCUT2D eigenvalue weighted by atomic mass is 16.5. The monoisotopic (exact) mass is 188 g/mol. The van der Waals surface area contributed by atoms with Crippen molar-refractivity contribution in [2.75, 3.05) is 7.11 Å². The molecule has 0 unspecified atom stereocenters. The Morgan fingerprint density at radius 1 is 1.71 bits per heavy atom. The molecule has 0 bridgehead atoms. The van der Waals surface area contributed by atoms with Gasteiger partial charge in [0.25, 0.3) is 0 Å². The highest BCUT2D eigenvalue weighted by Gasteiger charge is 2.05. The molecule has 0 aliphatic heterocycles. The number of methoxy groups -OCH3 is 1. The molecule has 0 saturated carbocycles. The van der Waals surface area contributed by atoms with E-state index in [1.165, 1.54) is 0 Å². The Labute approximate surface area is 83.7 Å². The molecule has 0 atom stereocenters. The van der Waals surface area contributed by atoms with Crippen LogP contribution in [-0.2, 0) is 11.2 Å². The summed E-state index contributed by atoms with van der Waals surface area (Å²) in [6.45, 7) is 5.65. The third-order valence-corrected chi connectivity index (χ3v) is 1.93. The minimum absolute atomic E-state index is 0.383. The van der Waals surface area contributed by atoms with E-state index in [0.717, 1.165) is 16.8 Å². The van der Waals surface area contributed by atoms with Gasteiger partial charge in [0.05, 0.1) is 19.6 Å². The fraction of sp³-hybridized carbons (Fsp3) is 0.273. The van der Waals surface area contributed by atoms with Crippen LogP contribution in [-0.4, -0.2) is 12.1 Å². The van der Waals surface area contributed by atoms with E-state index >= 15 is 0 Å². The number of rotatable bonds is 3. The van der Waals surface area contributed by atoms with Gasteiger partial charge in [0.1, 0.15) is 11.5 Å². The molecule has 0 aromatic carbocycles. The molecular formula is C11H12N2O. The summed E-state index contributed by atoms with van der Waals surface area (Å²) < 4.78 is 4.99. The Morgan fingerprint density at radius 2 is 2.43 bits per heavy atom. The Morgan fingerprint density at radius 3 is 2.93 bits per heavy atom. The summed E-state index contributed by atoms with van der Waals surface area (Å²) in [4.78, 5) is 4.19. The number of nitriles is 1. The molecule has 1 aromatic heterocycles. The summed E-state index contributed by atoms with van der Waals surface area (Å²) in [6.07, 6.45) is 2.06. The highest BCUT2D eigenvalue weighted by Crippen LogP contribution is 2.16. The van der Waals surface area contributed by atoms with E-state index in [1.54, 1.807) is 13.3 Å². The zero-order chi connectivity index (χ0) is 10.6. The number of hydrogen-bond donors (Lipinski definition) is 0. The van der Waals surface area contributed by atoms with Gasteiger partial charge in [-0.3, -0.25) is 4.98 Å². The quantitative estimate of drug-likeness (QED) is 0.682. The number of pyridine rings is 1. The van der Waals surface area contributed by atoms with Crippen molar-refractivity contribution in [3.05, 3.63) is 35.7 Å². The smallest absolute Gasteiger partial charge is 0.137 e. The van der Waals surface area contributed by atoms with Crippen molar-refractivity contribution in [3.8, 4) is 6.07 Å². The van der Waals surface area contributed by atoms with Crippen molar-refractivity contribution in [1.82, 2.24) is 4.98 Å². The van der Waals surface area contributed by atoms with Gasteiger partial charge in [0.15, 0.2) is 0 Å². The summed E-state index contributed by atoms with van der Waals surface area (Å²) >= 11 is 0. The van der Waals surface area contributed by atoms with E-state index in [0.29, 0.717) is 12.2 Å². The van der Waals surface area contributed by atoms with Crippen LogP contribution < -0.4 is 0 Å². The maximum absolute atomic E-state index is 8.52. The molecule has 3 nitrogen and oxygen atoms in total. The normalized spacial score (nSPS) is 9.21. The van der Waals surface area contributed by atoms with Crippen LogP contribution in [0.3, 0.4) is 0 Å². The van der Waals surface area contributed by atoms with E-state index in [4.69, 9.17) is 10.00 Å². The first-order valence-corrected chi connectivity index (χ1v) is 4.24. The predicted octanol–water partition coefficient (Wildman–Crippen LogP) is 2.07. The molecule has 14 heavy (non-hydrogen) atoms. The second kappa shape index (κ2) is 4.43. The second-order valence-corrected chi connectivity index (χ2v) is 2.97. The summed E-state index contributed by atoms with van der Waals surface area (Å²) in [7, 11) is 1.56. The van der Waals surface area contributed by atoms with Gasteiger partial charge >= 0.3 is 0 Å². The molecule has 0 spiro atoms. The van der Waals surface area contributed by atoms with Crippen molar-refractivity contribution < 1.29 is 4.74 Å². The van der Waals surface area contributed by atoms with E-state index in [2.05, 4.69) is 17.6 Å². The predicted molar refractivity (Wildman–Crippen MR) is 54.3 cm³/mol. The number of ether oxygens (including phenoxy) is 1. The maximum atomic E-state index is 8.52. The van der Waals surface area contributed by atoms with Crippen molar-refractivity contribution in [2.45, 2.75) is 13.3 Å². The molecule has 3 heteroatoms. The van der Waals surface area contributed by atoms with Gasteiger partial charge in [0, 0.05) is 6.20 Å². The number of aryl methyl sites for hydroxylation is 1. The lowest BCUT2D eigenvalue weighted by Gasteiger charge is -2.07. The molecule has 0 saturated heterocycles. The van der Waals surface area contributed by atoms with E-state index < -0.39 is 0 Å². The molecule has 0 aliphatic carbocycles. The lowest BCUT2D eigenvalue weighted by Crippen LogP contribution is -1.96. The van der Waals surface area contributed by atoms with E-state index in [1.807, 2.05) is 13.0 Å². The van der Waals surface area contributed by atoms with Crippen LogP contribution in [0.2, 0.25) is 0 Å². The van der Waals surface area contributed by atoms with Gasteiger partial charge in [-0.05, 0) is 18.1 Å². The van der Waals surface area contributed by atoms with Crippen LogP contribution in [0, 0.1) is 18.3 Å². The van der Waals surface area contributed by atoms with E-state index in [9.17, 15) is 0 Å². The summed E-state index contributed by atoms with van der Waals surface area (Å²) in [5.74, 6) is 0.547. The van der Waals surface area contributed by atoms with Crippen LogP contribution in [0.25, 0.3) is 5.76 Å². The van der Waals surface area contributed by atoms with Crippen molar-refractivity contribution in [2.24, 2.45) is 0 Å². The zero-order valence-corrected chi connectivity index (χ0v) is 8.37. The van der Waals surface area contributed by atoms with Crippen LogP contribution >= 0.6 is 0 Å². The third kappa shape index (κ3) is 2.11. The molecule has 72 valence electrons. The Bertz CT molecular complexity index is 391.